The molecule has 0 unspecified atom stereocenters. The van der Waals surface area contributed by atoms with E-state index in [1.54, 1.807) is 0 Å². The molecule has 0 heterocycles. The van der Waals surface area contributed by atoms with E-state index in [1.807, 2.05) is 0 Å². The SMILES string of the molecule is C[C-]=O.[CH3-].[K+]. The number of carbonyl (C=O) groups excluding carboxylic acids is 1. The van der Waals surface area contributed by atoms with E-state index < -0.39 is 0 Å². The van der Waals surface area contributed by atoms with Crippen molar-refractivity contribution in [3.05, 3.63) is 7.43 Å². The number of hydrogen-bond donors (Lipinski definition) is 0. The van der Waals surface area contributed by atoms with Gasteiger partial charge in [-0.1, -0.05) is 0 Å². The van der Waals surface area contributed by atoms with E-state index in [1.165, 1.54) is 13.2 Å². The second-order valence-corrected chi connectivity index (χ2v) is 0.204. The summed E-state index contributed by atoms with van der Waals surface area (Å²) >= 11 is 0. The van der Waals surface area contributed by atoms with Crippen molar-refractivity contribution >= 4 is 6.29 Å². The molecule has 0 N–H and O–H groups in total. The molecule has 0 aromatic rings. The summed E-state index contributed by atoms with van der Waals surface area (Å²) in [6, 6.07) is 0. The van der Waals surface area contributed by atoms with Gasteiger partial charge in [0, 0.05) is 0 Å². The second-order valence-electron chi connectivity index (χ2n) is 0.204. The minimum Gasteiger partial charge on any atom is -0.542 e. The minimum atomic E-state index is 0. The Bertz CT molecular complexity index is 14.4. The molecule has 5 heavy (non-hydrogen) atoms. The van der Waals surface area contributed by atoms with Crippen LogP contribution in [0.4, 0.5) is 0 Å². The molecule has 0 spiro atoms. The third-order valence-corrected chi connectivity index (χ3v) is 0. The van der Waals surface area contributed by atoms with Gasteiger partial charge in [0.15, 0.2) is 0 Å². The van der Waals surface area contributed by atoms with Gasteiger partial charge in [-0.25, -0.2) is 0 Å². The van der Waals surface area contributed by atoms with Gasteiger partial charge in [-0.2, -0.15) is 6.92 Å². The van der Waals surface area contributed by atoms with Crippen molar-refractivity contribution < 1.29 is 56.2 Å². The maximum absolute atomic E-state index is 8.68. The van der Waals surface area contributed by atoms with Gasteiger partial charge in [0.25, 0.3) is 0 Å². The molecule has 0 aliphatic carbocycles. The molecule has 26 valence electrons. The van der Waals surface area contributed by atoms with Crippen molar-refractivity contribution in [1.29, 1.82) is 0 Å². The normalized spacial score (nSPS) is 2.60. The first-order valence-corrected chi connectivity index (χ1v) is 0.704. The summed E-state index contributed by atoms with van der Waals surface area (Å²) in [5, 5.41) is 0. The van der Waals surface area contributed by atoms with Crippen LogP contribution in [0.25, 0.3) is 0 Å². The smallest absolute Gasteiger partial charge is 0.542 e. The van der Waals surface area contributed by atoms with E-state index in [-0.39, 0.29) is 58.8 Å². The minimum absolute atomic E-state index is 0. The molecule has 0 fully saturated rings. The van der Waals surface area contributed by atoms with Gasteiger partial charge in [0.1, 0.15) is 0 Å². The molecule has 0 aromatic heterocycles. The zero-order valence-electron chi connectivity index (χ0n) is 3.91. The van der Waals surface area contributed by atoms with Crippen molar-refractivity contribution in [2.45, 2.75) is 6.92 Å². The maximum atomic E-state index is 8.68. The predicted molar refractivity (Wildman–Crippen MR) is 17.8 cm³/mol. The molecule has 0 bridgehead atoms. The first kappa shape index (κ1) is 16.2. The summed E-state index contributed by atoms with van der Waals surface area (Å²) in [6.45, 7) is 1.32. The van der Waals surface area contributed by atoms with Gasteiger partial charge in [-0.15, -0.1) is 0 Å². The standard InChI is InChI=1S/C2H3O.CH3.K/c1-2-3;;/h1H3;1H3;/q2*-1;+1. The maximum Gasteiger partial charge on any atom is 1.00 e. The Balaban J connectivity index is -0.0000000200. The van der Waals surface area contributed by atoms with Crippen LogP contribution in [0.1, 0.15) is 6.92 Å². The molecule has 0 aliphatic rings. The average Bonchev–Trinajstić information content (AvgIpc) is 0.918. The molecule has 0 rings (SSSR count). The molecule has 0 atom stereocenters. The van der Waals surface area contributed by atoms with Crippen molar-refractivity contribution in [2.75, 3.05) is 0 Å². The molecule has 1 nitrogen and oxygen atoms in total. The van der Waals surface area contributed by atoms with Gasteiger partial charge in [0.2, 0.25) is 0 Å². The largest absolute Gasteiger partial charge is 1.00 e. The summed E-state index contributed by atoms with van der Waals surface area (Å²) < 4.78 is 0. The second kappa shape index (κ2) is 18.5. The summed E-state index contributed by atoms with van der Waals surface area (Å²) in [5.41, 5.74) is 0. The first-order chi connectivity index (χ1) is 1.41. The Morgan fingerprint density at radius 3 is 1.60 bits per heavy atom. The Morgan fingerprint density at radius 1 is 1.60 bits per heavy atom. The van der Waals surface area contributed by atoms with E-state index >= 15 is 0 Å². The van der Waals surface area contributed by atoms with Crippen LogP contribution in [0.3, 0.4) is 0 Å². The zero-order valence-corrected chi connectivity index (χ0v) is 7.03. The molecular weight excluding hydrogens is 91.1 g/mol. The van der Waals surface area contributed by atoms with Gasteiger partial charge in [-0.05, 0) is 0 Å². The van der Waals surface area contributed by atoms with Crippen LogP contribution in [0.2, 0.25) is 0 Å². The molecule has 0 aliphatic heterocycles. The van der Waals surface area contributed by atoms with Crippen LogP contribution in [-0.2, 0) is 4.79 Å². The number of rotatable bonds is 0. The quantitative estimate of drug-likeness (QED) is 0.243. The van der Waals surface area contributed by atoms with Crippen molar-refractivity contribution in [1.82, 2.24) is 0 Å². The van der Waals surface area contributed by atoms with Crippen LogP contribution in [0, 0.1) is 7.43 Å². The van der Waals surface area contributed by atoms with Crippen molar-refractivity contribution in [2.24, 2.45) is 0 Å². The van der Waals surface area contributed by atoms with E-state index in [0.29, 0.717) is 0 Å². The van der Waals surface area contributed by atoms with E-state index in [2.05, 4.69) is 0 Å². The Hall–Kier alpha value is 1.31. The Kier molecular flexibility index (Phi) is 60.1. The summed E-state index contributed by atoms with van der Waals surface area (Å²) in [4.78, 5) is 8.68. The molecule has 0 saturated carbocycles. The van der Waals surface area contributed by atoms with Crippen molar-refractivity contribution in [3.63, 3.8) is 0 Å². The van der Waals surface area contributed by atoms with Gasteiger partial charge >= 0.3 is 51.4 Å². The summed E-state index contributed by atoms with van der Waals surface area (Å²) in [6.07, 6.45) is 1.50. The van der Waals surface area contributed by atoms with E-state index in [4.69, 9.17) is 4.79 Å². The van der Waals surface area contributed by atoms with E-state index in [0.717, 1.165) is 0 Å². The van der Waals surface area contributed by atoms with Gasteiger partial charge in [-0.3, -0.25) is 6.29 Å². The molecule has 2 heteroatoms. The van der Waals surface area contributed by atoms with Crippen LogP contribution in [0.5, 0.6) is 0 Å². The van der Waals surface area contributed by atoms with E-state index in [9.17, 15) is 0 Å². The van der Waals surface area contributed by atoms with Crippen LogP contribution in [-0.4, -0.2) is 6.29 Å². The molecular formula is C3H6KO-. The number of hydrogen-bond acceptors (Lipinski definition) is 1. The van der Waals surface area contributed by atoms with Gasteiger partial charge < -0.3 is 12.2 Å². The molecule has 0 amide bonds. The van der Waals surface area contributed by atoms with Crippen LogP contribution in [0.15, 0.2) is 0 Å². The fourth-order valence-corrected chi connectivity index (χ4v) is 0. The Morgan fingerprint density at radius 2 is 1.60 bits per heavy atom. The van der Waals surface area contributed by atoms with Crippen LogP contribution < -0.4 is 51.4 Å². The average molecular weight is 97.2 g/mol. The summed E-state index contributed by atoms with van der Waals surface area (Å²) in [7, 11) is 0. The summed E-state index contributed by atoms with van der Waals surface area (Å²) in [5.74, 6) is 0. The van der Waals surface area contributed by atoms with Crippen LogP contribution >= 0.6 is 0 Å². The molecule has 0 saturated heterocycles. The topological polar surface area (TPSA) is 17.1 Å². The third-order valence-electron chi connectivity index (χ3n) is 0. The fraction of sp³-hybridized carbons (Fsp3) is 0.333. The first-order valence-electron chi connectivity index (χ1n) is 0.704. The molecule has 0 aromatic carbocycles. The van der Waals surface area contributed by atoms with Gasteiger partial charge in [0.05, 0.1) is 0 Å². The van der Waals surface area contributed by atoms with Crippen molar-refractivity contribution in [3.8, 4) is 0 Å². The molecule has 0 radical (unpaired) electrons. The monoisotopic (exact) mass is 97.0 g/mol. The Labute approximate surface area is 75.6 Å². The fourth-order valence-electron chi connectivity index (χ4n) is 0. The predicted octanol–water partition coefficient (Wildman–Crippen LogP) is -2.43. The third kappa shape index (κ3) is 34.0. The zero-order chi connectivity index (χ0) is 2.71.